The average molecular weight is 472 g/mol. The van der Waals surface area contributed by atoms with E-state index in [2.05, 4.69) is 21.5 Å². The SMILES string of the molecule is CCCN(CCCNC(=O)OC(C)(C)C)c1nc2snc(C)c2c(=O)n1Cc1ccccc1. The first kappa shape index (κ1) is 24.7. The number of nitrogens with zero attached hydrogens (tertiary/aromatic N) is 4. The number of alkyl carbamates (subject to hydrolysis) is 1. The van der Waals surface area contributed by atoms with Gasteiger partial charge in [-0.05, 0) is 57.6 Å². The van der Waals surface area contributed by atoms with Crippen molar-refractivity contribution in [1.82, 2.24) is 19.2 Å². The van der Waals surface area contributed by atoms with E-state index in [4.69, 9.17) is 9.72 Å². The minimum absolute atomic E-state index is 0.0712. The second-order valence-corrected chi connectivity index (χ2v) is 9.76. The standard InChI is InChI=1S/C24H33N5O3S/c1-6-14-28(15-10-13-25-23(31)32-24(3,4)5)22-26-20-19(17(2)27-33-20)21(30)29(22)16-18-11-8-7-9-12-18/h7-9,11-12H,6,10,13-16H2,1-5H3,(H,25,31). The molecule has 0 aliphatic heterocycles. The fourth-order valence-corrected chi connectivity index (χ4v) is 4.33. The Bertz CT molecular complexity index is 1130. The zero-order valence-corrected chi connectivity index (χ0v) is 20.9. The van der Waals surface area contributed by atoms with Crippen molar-refractivity contribution >= 4 is 33.8 Å². The Kier molecular flexibility index (Phi) is 8.07. The van der Waals surface area contributed by atoms with Gasteiger partial charge in [0.1, 0.15) is 5.60 Å². The molecule has 0 saturated heterocycles. The van der Waals surface area contributed by atoms with Crippen LogP contribution in [-0.4, -0.2) is 45.3 Å². The second kappa shape index (κ2) is 10.8. The number of aromatic nitrogens is 3. The number of carbonyl (C=O) groups excluding carboxylic acids is 1. The molecule has 0 aliphatic carbocycles. The molecule has 0 aliphatic rings. The van der Waals surface area contributed by atoms with Crippen LogP contribution in [0.25, 0.3) is 10.2 Å². The highest BCUT2D eigenvalue weighted by atomic mass is 32.1. The molecule has 3 aromatic rings. The van der Waals surface area contributed by atoms with Crippen LogP contribution in [0, 0.1) is 6.92 Å². The van der Waals surface area contributed by atoms with Crippen LogP contribution in [0.2, 0.25) is 0 Å². The largest absolute Gasteiger partial charge is 0.444 e. The van der Waals surface area contributed by atoms with E-state index in [9.17, 15) is 9.59 Å². The van der Waals surface area contributed by atoms with Crippen molar-refractivity contribution in [3.63, 3.8) is 0 Å². The third-order valence-electron chi connectivity index (χ3n) is 4.98. The van der Waals surface area contributed by atoms with Gasteiger partial charge in [-0.25, -0.2) is 9.78 Å². The molecule has 178 valence electrons. The number of aryl methyl sites for hydroxylation is 1. The zero-order chi connectivity index (χ0) is 24.0. The Morgan fingerprint density at radius 3 is 2.61 bits per heavy atom. The van der Waals surface area contributed by atoms with Gasteiger partial charge in [0, 0.05) is 19.6 Å². The number of anilines is 1. The summed E-state index contributed by atoms with van der Waals surface area (Å²) in [7, 11) is 0. The Balaban J connectivity index is 1.85. The molecule has 0 unspecified atom stereocenters. The van der Waals surface area contributed by atoms with Gasteiger partial charge in [-0.15, -0.1) is 0 Å². The van der Waals surface area contributed by atoms with Gasteiger partial charge in [-0.2, -0.15) is 4.37 Å². The predicted molar refractivity (Wildman–Crippen MR) is 133 cm³/mol. The van der Waals surface area contributed by atoms with Gasteiger partial charge in [0.2, 0.25) is 5.95 Å². The van der Waals surface area contributed by atoms with E-state index in [-0.39, 0.29) is 5.56 Å². The molecular formula is C24H33N5O3S. The van der Waals surface area contributed by atoms with Gasteiger partial charge in [-0.3, -0.25) is 9.36 Å². The van der Waals surface area contributed by atoms with Crippen molar-refractivity contribution in [1.29, 1.82) is 0 Å². The summed E-state index contributed by atoms with van der Waals surface area (Å²) in [6, 6.07) is 9.91. The van der Waals surface area contributed by atoms with Crippen LogP contribution in [-0.2, 0) is 11.3 Å². The van der Waals surface area contributed by atoms with Crippen LogP contribution in [0.1, 0.15) is 51.8 Å². The molecule has 33 heavy (non-hydrogen) atoms. The second-order valence-electron chi connectivity index (χ2n) is 9.01. The first-order valence-electron chi connectivity index (χ1n) is 11.3. The summed E-state index contributed by atoms with van der Waals surface area (Å²) in [5.74, 6) is 0.638. The number of amides is 1. The molecular weight excluding hydrogens is 438 g/mol. The predicted octanol–water partition coefficient (Wildman–Crippen LogP) is 4.34. The fourth-order valence-electron chi connectivity index (χ4n) is 3.56. The Hall–Kier alpha value is -2.94. The molecule has 0 spiro atoms. The molecule has 1 N–H and O–H groups in total. The van der Waals surface area contributed by atoms with Crippen LogP contribution in [0.15, 0.2) is 35.1 Å². The van der Waals surface area contributed by atoms with Gasteiger partial charge < -0.3 is 15.0 Å². The maximum atomic E-state index is 13.5. The lowest BCUT2D eigenvalue weighted by atomic mass is 10.2. The van der Waals surface area contributed by atoms with Gasteiger partial charge >= 0.3 is 6.09 Å². The van der Waals surface area contributed by atoms with Crippen molar-refractivity contribution in [3.8, 4) is 0 Å². The average Bonchev–Trinajstić information content (AvgIpc) is 3.12. The van der Waals surface area contributed by atoms with Gasteiger partial charge in [0.05, 0.1) is 17.6 Å². The summed E-state index contributed by atoms with van der Waals surface area (Å²) in [5, 5.41) is 3.39. The number of hydrogen-bond donors (Lipinski definition) is 1. The van der Waals surface area contributed by atoms with E-state index in [1.54, 1.807) is 4.57 Å². The molecule has 0 bridgehead atoms. The minimum Gasteiger partial charge on any atom is -0.444 e. The van der Waals surface area contributed by atoms with Crippen molar-refractivity contribution in [2.75, 3.05) is 24.5 Å². The summed E-state index contributed by atoms with van der Waals surface area (Å²) in [4.78, 5) is 33.1. The third kappa shape index (κ3) is 6.54. The van der Waals surface area contributed by atoms with Gasteiger partial charge in [-0.1, -0.05) is 37.3 Å². The number of fused-ring (bicyclic) bond motifs is 1. The lowest BCUT2D eigenvalue weighted by Gasteiger charge is -2.26. The summed E-state index contributed by atoms with van der Waals surface area (Å²) >= 11 is 1.26. The molecule has 1 aromatic carbocycles. The Labute approximate surface area is 198 Å². The number of ether oxygens (including phenoxy) is 1. The summed E-state index contributed by atoms with van der Waals surface area (Å²) in [6.07, 6.45) is 1.17. The normalized spacial score (nSPS) is 11.5. The number of benzene rings is 1. The lowest BCUT2D eigenvalue weighted by molar-refractivity contribution is 0.0527. The number of hydrogen-bond acceptors (Lipinski definition) is 7. The van der Waals surface area contributed by atoms with Crippen molar-refractivity contribution in [3.05, 3.63) is 51.9 Å². The summed E-state index contributed by atoms with van der Waals surface area (Å²) in [5.41, 5.74) is 1.14. The van der Waals surface area contributed by atoms with Crippen LogP contribution in [0.3, 0.4) is 0 Å². The monoisotopic (exact) mass is 471 g/mol. The fraction of sp³-hybridized carbons (Fsp3) is 0.500. The number of rotatable bonds is 9. The molecule has 1 amide bonds. The first-order chi connectivity index (χ1) is 15.7. The highest BCUT2D eigenvalue weighted by molar-refractivity contribution is 7.12. The molecule has 2 aromatic heterocycles. The zero-order valence-electron chi connectivity index (χ0n) is 20.1. The van der Waals surface area contributed by atoms with E-state index in [0.29, 0.717) is 47.9 Å². The molecule has 0 radical (unpaired) electrons. The van der Waals surface area contributed by atoms with Crippen LogP contribution in [0.4, 0.5) is 10.7 Å². The van der Waals surface area contributed by atoms with Gasteiger partial charge in [0.15, 0.2) is 4.83 Å². The molecule has 2 heterocycles. The molecule has 0 atom stereocenters. The molecule has 0 fully saturated rings. The quantitative estimate of drug-likeness (QED) is 0.467. The number of nitrogens with one attached hydrogen (secondary N) is 1. The summed E-state index contributed by atoms with van der Waals surface area (Å²) < 4.78 is 11.4. The Morgan fingerprint density at radius 2 is 1.94 bits per heavy atom. The van der Waals surface area contributed by atoms with Crippen LogP contribution < -0.4 is 15.8 Å². The minimum atomic E-state index is -0.530. The Morgan fingerprint density at radius 1 is 1.21 bits per heavy atom. The van der Waals surface area contributed by atoms with E-state index < -0.39 is 11.7 Å². The highest BCUT2D eigenvalue weighted by Crippen LogP contribution is 2.22. The maximum Gasteiger partial charge on any atom is 0.407 e. The molecule has 8 nitrogen and oxygen atoms in total. The first-order valence-corrected chi connectivity index (χ1v) is 12.1. The van der Waals surface area contributed by atoms with E-state index >= 15 is 0 Å². The maximum absolute atomic E-state index is 13.5. The van der Waals surface area contributed by atoms with Crippen LogP contribution in [0.5, 0.6) is 0 Å². The number of carbonyl (C=O) groups is 1. The van der Waals surface area contributed by atoms with Crippen LogP contribution >= 0.6 is 11.5 Å². The third-order valence-corrected chi connectivity index (χ3v) is 5.81. The van der Waals surface area contributed by atoms with Crippen molar-refractivity contribution < 1.29 is 9.53 Å². The van der Waals surface area contributed by atoms with Crippen molar-refractivity contribution in [2.24, 2.45) is 0 Å². The highest BCUT2D eigenvalue weighted by Gasteiger charge is 2.20. The van der Waals surface area contributed by atoms with E-state index in [0.717, 1.165) is 18.5 Å². The van der Waals surface area contributed by atoms with E-state index in [1.807, 2.05) is 58.0 Å². The molecule has 3 rings (SSSR count). The molecule has 9 heteroatoms. The smallest absolute Gasteiger partial charge is 0.407 e. The molecule has 0 saturated carbocycles. The van der Waals surface area contributed by atoms with Gasteiger partial charge in [0.25, 0.3) is 5.56 Å². The van der Waals surface area contributed by atoms with E-state index in [1.165, 1.54) is 11.5 Å². The lowest BCUT2D eigenvalue weighted by Crippen LogP contribution is -2.37. The topological polar surface area (TPSA) is 89.4 Å². The summed E-state index contributed by atoms with van der Waals surface area (Å²) in [6.45, 7) is 11.8. The van der Waals surface area contributed by atoms with Crippen molar-refractivity contribution in [2.45, 2.75) is 59.6 Å².